The summed E-state index contributed by atoms with van der Waals surface area (Å²) >= 11 is 0. The van der Waals surface area contributed by atoms with Gasteiger partial charge in [-0.3, -0.25) is 9.59 Å². The van der Waals surface area contributed by atoms with Crippen LogP contribution >= 0.6 is 0 Å². The van der Waals surface area contributed by atoms with Gasteiger partial charge in [-0.05, 0) is 13.0 Å². The van der Waals surface area contributed by atoms with E-state index in [0.29, 0.717) is 6.42 Å². The molecule has 8 atom stereocenters. The molecule has 32 heavy (non-hydrogen) atoms. The van der Waals surface area contributed by atoms with Crippen LogP contribution < -0.4 is 32.7 Å². The number of hydrogen-bond donors (Lipinski definition) is 9. The summed E-state index contributed by atoms with van der Waals surface area (Å²) in [5.74, 6) is -0.732. The maximum Gasteiger partial charge on any atom is 0.404 e. The van der Waals surface area contributed by atoms with Gasteiger partial charge in [0.05, 0.1) is 18.8 Å². The van der Waals surface area contributed by atoms with E-state index in [9.17, 15) is 29.7 Å². The number of ether oxygens (including phenoxy) is 2. The largest absolute Gasteiger partial charge is 0.441 e. The molecule has 2 saturated heterocycles. The lowest BCUT2D eigenvalue weighted by Gasteiger charge is -2.44. The Morgan fingerprint density at radius 2 is 2.09 bits per heavy atom. The van der Waals surface area contributed by atoms with Crippen LogP contribution in [-0.2, 0) is 19.1 Å². The molecule has 3 rings (SSSR count). The summed E-state index contributed by atoms with van der Waals surface area (Å²) in [6.07, 6.45) is -6.79. The fourth-order valence-corrected chi connectivity index (χ4v) is 3.86. The van der Waals surface area contributed by atoms with Crippen LogP contribution in [0.2, 0.25) is 0 Å². The van der Waals surface area contributed by atoms with E-state index in [1.165, 1.54) is 0 Å². The first-order valence-electron chi connectivity index (χ1n) is 10.2. The number of amides is 3. The standard InChI is InChI=1S/C17H29N7O8/c18-3-1-2-8(27)21-11-12(28)13(32-16(19)30)7(5-25)31-15(11)24-17-22-9-6(26)4-20-14(29)10(9)23-17/h6-7,9-13,15,25-26,28H,1-5,18H2,(H2,19,30)(H,20,29)(H,21,27)(H2,22,23,24)/t6-,7-,9-,10+,11-,12+,13+,15-/m1/s1. The topological polar surface area (TPSA) is 243 Å². The number of nitrogens with two attached hydrogens (primary N) is 2. The summed E-state index contributed by atoms with van der Waals surface area (Å²) in [4.78, 5) is 39.8. The second-order valence-electron chi connectivity index (χ2n) is 7.70. The Bertz CT molecular complexity index is 752. The number of β-amino-alcohol motifs (C(OH)–C–C–N with tert-alkyl or cyclic N) is 1. The molecule has 0 aromatic heterocycles. The number of nitrogens with zero attached hydrogens (tertiary/aromatic N) is 1. The average Bonchev–Trinajstić information content (AvgIpc) is 3.18. The van der Waals surface area contributed by atoms with Gasteiger partial charge in [-0.15, -0.1) is 0 Å². The third kappa shape index (κ3) is 5.18. The number of aliphatic imine (C=N–C) groups is 1. The Hall–Kier alpha value is -2.72. The van der Waals surface area contributed by atoms with Crippen molar-refractivity contribution in [3.8, 4) is 0 Å². The van der Waals surface area contributed by atoms with Crippen LogP contribution in [0.5, 0.6) is 0 Å². The number of fused-ring (bicyclic) bond motifs is 1. The zero-order chi connectivity index (χ0) is 23.4. The first kappa shape index (κ1) is 23.9. The number of piperidine rings is 1. The summed E-state index contributed by atoms with van der Waals surface area (Å²) in [6.45, 7) is -0.285. The lowest BCUT2D eigenvalue weighted by atomic mass is 9.95. The molecule has 0 saturated carbocycles. The smallest absolute Gasteiger partial charge is 0.404 e. The third-order valence-corrected chi connectivity index (χ3v) is 5.45. The molecule has 2 fully saturated rings. The van der Waals surface area contributed by atoms with Crippen LogP contribution in [0, 0.1) is 0 Å². The van der Waals surface area contributed by atoms with Crippen LogP contribution in [0.15, 0.2) is 4.99 Å². The van der Waals surface area contributed by atoms with Crippen molar-refractivity contribution >= 4 is 23.9 Å². The predicted octanol–water partition coefficient (Wildman–Crippen LogP) is -5.47. The highest BCUT2D eigenvalue weighted by Crippen LogP contribution is 2.24. The number of carbonyl (C=O) groups is 3. The molecule has 3 aliphatic rings. The van der Waals surface area contributed by atoms with Crippen LogP contribution in [0.1, 0.15) is 12.8 Å². The van der Waals surface area contributed by atoms with E-state index in [2.05, 4.69) is 26.3 Å². The monoisotopic (exact) mass is 459 g/mol. The number of hydrogen-bond acceptors (Lipinski definition) is 12. The normalized spacial score (nSPS) is 36.2. The molecular weight excluding hydrogens is 430 g/mol. The molecule has 0 unspecified atom stereocenters. The molecule has 3 aliphatic heterocycles. The Balaban J connectivity index is 1.79. The van der Waals surface area contributed by atoms with E-state index in [0.717, 1.165) is 0 Å². The number of primary amides is 1. The van der Waals surface area contributed by atoms with Crippen molar-refractivity contribution in [3.63, 3.8) is 0 Å². The van der Waals surface area contributed by atoms with Gasteiger partial charge in [-0.2, -0.15) is 0 Å². The number of nitrogens with one attached hydrogen (secondary N) is 4. The minimum absolute atomic E-state index is 0.0625. The van der Waals surface area contributed by atoms with Gasteiger partial charge in [0.2, 0.25) is 11.8 Å². The molecule has 15 nitrogen and oxygen atoms in total. The van der Waals surface area contributed by atoms with Crippen molar-refractivity contribution < 1.29 is 39.2 Å². The van der Waals surface area contributed by atoms with E-state index in [1.807, 2.05) is 0 Å². The first-order chi connectivity index (χ1) is 15.2. The average molecular weight is 459 g/mol. The van der Waals surface area contributed by atoms with E-state index >= 15 is 0 Å². The molecule has 180 valence electrons. The lowest BCUT2D eigenvalue weighted by molar-refractivity contribution is -0.198. The quantitative estimate of drug-likeness (QED) is 0.174. The molecule has 3 heterocycles. The van der Waals surface area contributed by atoms with Crippen LogP contribution in [0.25, 0.3) is 0 Å². The summed E-state index contributed by atoms with van der Waals surface area (Å²) in [7, 11) is 0. The molecule has 0 aromatic rings. The highest BCUT2D eigenvalue weighted by atomic mass is 16.6. The van der Waals surface area contributed by atoms with Crippen LogP contribution in [0.4, 0.5) is 4.79 Å². The van der Waals surface area contributed by atoms with Crippen molar-refractivity contribution in [2.45, 2.75) is 61.6 Å². The van der Waals surface area contributed by atoms with Gasteiger partial charge in [0, 0.05) is 13.0 Å². The fraction of sp³-hybridized carbons (Fsp3) is 0.765. The molecule has 0 aromatic carbocycles. The molecule has 15 heteroatoms. The number of aliphatic hydroxyl groups excluding tert-OH is 3. The number of carbonyl (C=O) groups excluding carboxylic acids is 3. The van der Waals surface area contributed by atoms with Gasteiger partial charge in [-0.25, -0.2) is 9.79 Å². The summed E-state index contributed by atoms with van der Waals surface area (Å²) in [6, 6.07) is -2.71. The molecular formula is C17H29N7O8. The maximum atomic E-state index is 12.3. The lowest BCUT2D eigenvalue weighted by Crippen LogP contribution is -2.69. The second-order valence-corrected chi connectivity index (χ2v) is 7.70. The Morgan fingerprint density at radius 3 is 2.72 bits per heavy atom. The number of aliphatic hydroxyl groups is 3. The first-order valence-corrected chi connectivity index (χ1v) is 10.2. The molecule has 11 N–H and O–H groups in total. The van der Waals surface area contributed by atoms with E-state index in [4.69, 9.17) is 20.9 Å². The molecule has 0 bridgehead atoms. The molecule has 3 amide bonds. The molecule has 0 aliphatic carbocycles. The second kappa shape index (κ2) is 10.3. The van der Waals surface area contributed by atoms with Gasteiger partial charge in [0.25, 0.3) is 0 Å². The van der Waals surface area contributed by atoms with Crippen molar-refractivity contribution in [1.29, 1.82) is 0 Å². The van der Waals surface area contributed by atoms with Crippen molar-refractivity contribution in [3.05, 3.63) is 0 Å². The van der Waals surface area contributed by atoms with Gasteiger partial charge in [0.1, 0.15) is 18.2 Å². The maximum absolute atomic E-state index is 12.3. The zero-order valence-electron chi connectivity index (χ0n) is 17.1. The van der Waals surface area contributed by atoms with Gasteiger partial charge < -0.3 is 57.5 Å². The summed E-state index contributed by atoms with van der Waals surface area (Å²) in [5.41, 5.74) is 10.5. The Labute approximate surface area is 182 Å². The highest BCUT2D eigenvalue weighted by molar-refractivity contribution is 5.92. The van der Waals surface area contributed by atoms with E-state index in [1.54, 1.807) is 0 Å². The number of rotatable bonds is 7. The van der Waals surface area contributed by atoms with Gasteiger partial charge in [0.15, 0.2) is 24.3 Å². The minimum Gasteiger partial charge on any atom is -0.441 e. The Morgan fingerprint density at radius 1 is 1.34 bits per heavy atom. The SMILES string of the molecule is NCCCC(=O)N[C@@H]1[C@H](O)[C@@H](OC(N)=O)[C@@H](CO)O[C@H]1NC1=N[C@@H]2C(=O)NC[C@@H](O)[C@H]2N1. The van der Waals surface area contributed by atoms with Crippen molar-refractivity contribution in [1.82, 2.24) is 21.3 Å². The minimum atomic E-state index is -1.51. The van der Waals surface area contributed by atoms with E-state index < -0.39 is 67.4 Å². The predicted molar refractivity (Wildman–Crippen MR) is 107 cm³/mol. The van der Waals surface area contributed by atoms with Gasteiger partial charge in [-0.1, -0.05) is 0 Å². The fourth-order valence-electron chi connectivity index (χ4n) is 3.86. The van der Waals surface area contributed by atoms with Crippen LogP contribution in [-0.4, -0.2) is 108 Å². The Kier molecular flexibility index (Phi) is 7.68. The zero-order valence-corrected chi connectivity index (χ0v) is 17.1. The third-order valence-electron chi connectivity index (χ3n) is 5.45. The summed E-state index contributed by atoms with van der Waals surface area (Å²) < 4.78 is 10.6. The van der Waals surface area contributed by atoms with Crippen molar-refractivity contribution in [2.24, 2.45) is 16.5 Å². The molecule has 0 spiro atoms. The highest BCUT2D eigenvalue weighted by Gasteiger charge is 2.49. The van der Waals surface area contributed by atoms with Crippen LogP contribution in [0.3, 0.4) is 0 Å². The molecule has 0 radical (unpaired) electrons. The van der Waals surface area contributed by atoms with E-state index in [-0.39, 0.29) is 31.4 Å². The van der Waals surface area contributed by atoms with Crippen molar-refractivity contribution in [2.75, 3.05) is 19.7 Å². The van der Waals surface area contributed by atoms with Gasteiger partial charge >= 0.3 is 6.09 Å². The summed E-state index contributed by atoms with van der Waals surface area (Å²) in [5, 5.41) is 41.4. The number of guanidine groups is 1.